The van der Waals surface area contributed by atoms with E-state index in [1.54, 1.807) is 0 Å². The number of nitrogens with one attached hydrogen (secondary N) is 1. The molecular weight excluding hydrogens is 173 g/mol. The normalized spacial score (nSPS) is 13.8. The van der Waals surface area contributed by atoms with Gasteiger partial charge >= 0.3 is 0 Å². The fraction of sp³-hybridized carbons (Fsp3) is 0.111. The molecular formula is C9H6FNO2. The predicted octanol–water partition coefficient (Wildman–Crippen LogP) is 0.882. The molecule has 3 nitrogen and oxygen atoms in total. The highest BCUT2D eigenvalue weighted by molar-refractivity contribution is 5.99. The molecule has 0 bridgehead atoms. The third-order valence-electron chi connectivity index (χ3n) is 2.03. The van der Waals surface area contributed by atoms with Gasteiger partial charge in [0.25, 0.3) is 5.91 Å². The minimum Gasteiger partial charge on any atom is -0.348 e. The number of carbonyl (C=O) groups excluding carboxylic acids is 2. The number of hydrogen-bond donors (Lipinski definition) is 1. The van der Waals surface area contributed by atoms with Crippen LogP contribution in [0.25, 0.3) is 0 Å². The molecule has 0 aliphatic carbocycles. The van der Waals surface area contributed by atoms with E-state index in [9.17, 15) is 14.0 Å². The number of rotatable bonds is 1. The van der Waals surface area contributed by atoms with E-state index in [2.05, 4.69) is 5.32 Å². The molecule has 0 fully saturated rings. The molecule has 1 aromatic carbocycles. The summed E-state index contributed by atoms with van der Waals surface area (Å²) in [7, 11) is 0. The van der Waals surface area contributed by atoms with Crippen molar-refractivity contribution in [3.8, 4) is 0 Å². The number of aldehydes is 1. The zero-order chi connectivity index (χ0) is 9.42. The Bertz CT molecular complexity index is 401. The topological polar surface area (TPSA) is 46.2 Å². The fourth-order valence-corrected chi connectivity index (χ4v) is 1.35. The summed E-state index contributed by atoms with van der Waals surface area (Å²) in [6.07, 6.45) is 0.404. The summed E-state index contributed by atoms with van der Waals surface area (Å²) in [4.78, 5) is 21.5. The van der Waals surface area contributed by atoms with Gasteiger partial charge < -0.3 is 5.32 Å². The second kappa shape index (κ2) is 2.65. The van der Waals surface area contributed by atoms with E-state index in [1.807, 2.05) is 0 Å². The molecule has 2 rings (SSSR count). The summed E-state index contributed by atoms with van der Waals surface area (Å²) >= 11 is 0. The molecule has 1 aliphatic rings. The van der Waals surface area contributed by atoms with Crippen LogP contribution in [0.2, 0.25) is 0 Å². The van der Waals surface area contributed by atoms with Gasteiger partial charge in [0, 0.05) is 12.1 Å². The first-order valence-electron chi connectivity index (χ1n) is 3.78. The minimum atomic E-state index is -0.578. The van der Waals surface area contributed by atoms with Gasteiger partial charge in [-0.1, -0.05) is 0 Å². The Hall–Kier alpha value is -1.71. The molecule has 66 valence electrons. The molecule has 4 heteroatoms. The lowest BCUT2D eigenvalue weighted by atomic mass is 10.1. The van der Waals surface area contributed by atoms with Crippen molar-refractivity contribution in [2.24, 2.45) is 0 Å². The van der Waals surface area contributed by atoms with Crippen molar-refractivity contribution in [3.63, 3.8) is 0 Å². The van der Waals surface area contributed by atoms with Crippen molar-refractivity contribution < 1.29 is 14.0 Å². The van der Waals surface area contributed by atoms with Crippen molar-refractivity contribution in [2.75, 3.05) is 0 Å². The van der Waals surface area contributed by atoms with Gasteiger partial charge in [-0.15, -0.1) is 0 Å². The zero-order valence-electron chi connectivity index (χ0n) is 6.63. The molecule has 0 unspecified atom stereocenters. The van der Waals surface area contributed by atoms with Crippen molar-refractivity contribution >= 4 is 12.2 Å². The summed E-state index contributed by atoms with van der Waals surface area (Å²) in [5, 5.41) is 2.54. The van der Waals surface area contributed by atoms with Crippen LogP contribution in [0, 0.1) is 5.82 Å². The first-order valence-corrected chi connectivity index (χ1v) is 3.78. The van der Waals surface area contributed by atoms with Crippen LogP contribution in [0.15, 0.2) is 12.1 Å². The van der Waals surface area contributed by atoms with Crippen LogP contribution in [0.3, 0.4) is 0 Å². The highest BCUT2D eigenvalue weighted by atomic mass is 19.1. The van der Waals surface area contributed by atoms with Crippen LogP contribution in [-0.2, 0) is 6.54 Å². The molecule has 13 heavy (non-hydrogen) atoms. The summed E-state index contributed by atoms with van der Waals surface area (Å²) < 4.78 is 13.0. The average molecular weight is 179 g/mol. The number of fused-ring (bicyclic) bond motifs is 1. The Labute approximate surface area is 73.6 Å². The third-order valence-corrected chi connectivity index (χ3v) is 2.03. The molecule has 1 heterocycles. The van der Waals surface area contributed by atoms with E-state index in [1.165, 1.54) is 12.1 Å². The highest BCUT2D eigenvalue weighted by Crippen LogP contribution is 2.19. The van der Waals surface area contributed by atoms with E-state index in [0.717, 1.165) is 0 Å². The van der Waals surface area contributed by atoms with E-state index in [-0.39, 0.29) is 11.5 Å². The molecule has 1 aliphatic heterocycles. The number of amides is 1. The van der Waals surface area contributed by atoms with Crippen molar-refractivity contribution in [2.45, 2.75) is 6.54 Å². The largest absolute Gasteiger partial charge is 0.348 e. The first-order chi connectivity index (χ1) is 6.22. The Morgan fingerprint density at radius 3 is 2.92 bits per heavy atom. The SMILES string of the molecule is O=Cc1cc2c(cc1F)CNC2=O. The maximum absolute atomic E-state index is 13.0. The zero-order valence-corrected chi connectivity index (χ0v) is 6.63. The molecule has 0 spiro atoms. The maximum atomic E-state index is 13.0. The van der Waals surface area contributed by atoms with E-state index >= 15 is 0 Å². The van der Waals surface area contributed by atoms with Crippen molar-refractivity contribution in [1.29, 1.82) is 0 Å². The van der Waals surface area contributed by atoms with E-state index < -0.39 is 5.82 Å². The molecule has 1 amide bonds. The summed E-state index contributed by atoms with van der Waals surface area (Å²) in [6.45, 7) is 0.338. The molecule has 0 saturated carbocycles. The standard InChI is InChI=1S/C9H6FNO2/c10-8-2-5-3-11-9(13)7(5)1-6(8)4-12/h1-2,4H,3H2,(H,11,13). The van der Waals surface area contributed by atoms with Crippen molar-refractivity contribution in [1.82, 2.24) is 5.32 Å². The molecule has 0 aromatic heterocycles. The lowest BCUT2D eigenvalue weighted by Gasteiger charge is -1.98. The van der Waals surface area contributed by atoms with Crippen LogP contribution in [0.1, 0.15) is 26.3 Å². The van der Waals surface area contributed by atoms with Gasteiger partial charge in [-0.3, -0.25) is 9.59 Å². The molecule has 0 radical (unpaired) electrons. The lowest BCUT2D eigenvalue weighted by molar-refractivity contribution is 0.0965. The third kappa shape index (κ3) is 1.11. The smallest absolute Gasteiger partial charge is 0.251 e. The van der Waals surface area contributed by atoms with Crippen LogP contribution in [0.5, 0.6) is 0 Å². The van der Waals surface area contributed by atoms with Gasteiger partial charge in [0.1, 0.15) is 5.82 Å². The number of hydrogen-bond acceptors (Lipinski definition) is 2. The van der Waals surface area contributed by atoms with Crippen molar-refractivity contribution in [3.05, 3.63) is 34.6 Å². The maximum Gasteiger partial charge on any atom is 0.251 e. The monoisotopic (exact) mass is 179 g/mol. The second-order valence-electron chi connectivity index (χ2n) is 2.83. The summed E-state index contributed by atoms with van der Waals surface area (Å²) in [5.41, 5.74) is 0.924. The van der Waals surface area contributed by atoms with Gasteiger partial charge in [0.05, 0.1) is 5.56 Å². The summed E-state index contributed by atoms with van der Waals surface area (Å²) in [5.74, 6) is -0.830. The molecule has 0 saturated heterocycles. The Kier molecular flexibility index (Phi) is 1.62. The van der Waals surface area contributed by atoms with Gasteiger partial charge in [-0.2, -0.15) is 0 Å². The summed E-state index contributed by atoms with van der Waals surface area (Å²) in [6, 6.07) is 2.50. The van der Waals surface area contributed by atoms with Crippen LogP contribution >= 0.6 is 0 Å². The fourth-order valence-electron chi connectivity index (χ4n) is 1.35. The van der Waals surface area contributed by atoms with E-state index in [4.69, 9.17) is 0 Å². The molecule has 1 N–H and O–H groups in total. The van der Waals surface area contributed by atoms with E-state index in [0.29, 0.717) is 24.0 Å². The minimum absolute atomic E-state index is 0.0733. The predicted molar refractivity (Wildman–Crippen MR) is 43.0 cm³/mol. The molecule has 1 aromatic rings. The van der Waals surface area contributed by atoms with Crippen LogP contribution in [0.4, 0.5) is 4.39 Å². The second-order valence-corrected chi connectivity index (χ2v) is 2.83. The van der Waals surface area contributed by atoms with Gasteiger partial charge in [-0.05, 0) is 17.7 Å². The first kappa shape index (κ1) is 7.91. The number of halogens is 1. The quantitative estimate of drug-likeness (QED) is 0.650. The number of benzene rings is 1. The van der Waals surface area contributed by atoms with Gasteiger partial charge in [0.2, 0.25) is 0 Å². The lowest BCUT2D eigenvalue weighted by Crippen LogP contribution is -2.12. The Balaban J connectivity index is 2.63. The molecule has 0 atom stereocenters. The Morgan fingerprint density at radius 2 is 2.23 bits per heavy atom. The van der Waals surface area contributed by atoms with Gasteiger partial charge in [0.15, 0.2) is 6.29 Å². The van der Waals surface area contributed by atoms with Crippen LogP contribution < -0.4 is 5.32 Å². The van der Waals surface area contributed by atoms with Crippen LogP contribution in [-0.4, -0.2) is 12.2 Å². The Morgan fingerprint density at radius 1 is 1.46 bits per heavy atom. The average Bonchev–Trinajstić information content (AvgIpc) is 2.46. The highest BCUT2D eigenvalue weighted by Gasteiger charge is 2.20. The van der Waals surface area contributed by atoms with Gasteiger partial charge in [-0.25, -0.2) is 4.39 Å². The number of carbonyl (C=O) groups is 2.